The molecule has 1 fully saturated rings. The summed E-state index contributed by atoms with van der Waals surface area (Å²) in [6.45, 7) is 3.40. The molecule has 0 saturated carbocycles. The number of anilines is 1. The molecule has 0 N–H and O–H groups in total. The SMILES string of the molecule is Cc1c(Cl)ccc2sc(N(C[C@H]3CCCO3)C(=O)Cc3ccc4c(c3)OCO4)nc12. The van der Waals surface area contributed by atoms with Gasteiger partial charge < -0.3 is 14.2 Å². The number of thiazole rings is 1. The van der Waals surface area contributed by atoms with Crippen molar-refractivity contribution in [1.82, 2.24) is 4.98 Å². The molecule has 1 atom stereocenters. The number of carbonyl (C=O) groups is 1. The summed E-state index contributed by atoms with van der Waals surface area (Å²) in [6, 6.07) is 9.45. The molecule has 156 valence electrons. The second-order valence-corrected chi connectivity index (χ2v) is 8.94. The molecule has 2 aliphatic heterocycles. The van der Waals surface area contributed by atoms with E-state index < -0.39 is 0 Å². The fraction of sp³-hybridized carbons (Fsp3) is 0.364. The fourth-order valence-electron chi connectivity index (χ4n) is 3.80. The van der Waals surface area contributed by atoms with Gasteiger partial charge in [-0.1, -0.05) is 29.0 Å². The van der Waals surface area contributed by atoms with Crippen molar-refractivity contribution in [1.29, 1.82) is 0 Å². The van der Waals surface area contributed by atoms with Gasteiger partial charge in [-0.25, -0.2) is 4.98 Å². The maximum atomic E-state index is 13.4. The number of halogens is 1. The smallest absolute Gasteiger partial charge is 0.233 e. The molecule has 0 unspecified atom stereocenters. The van der Waals surface area contributed by atoms with Crippen LogP contribution in [0.25, 0.3) is 10.2 Å². The number of carbonyl (C=O) groups excluding carboxylic acids is 1. The minimum Gasteiger partial charge on any atom is -0.454 e. The van der Waals surface area contributed by atoms with Gasteiger partial charge in [-0.15, -0.1) is 0 Å². The number of hydrogen-bond donors (Lipinski definition) is 0. The lowest BCUT2D eigenvalue weighted by atomic mass is 10.1. The van der Waals surface area contributed by atoms with E-state index in [1.54, 1.807) is 4.90 Å². The highest BCUT2D eigenvalue weighted by atomic mass is 35.5. The molecule has 1 aromatic heterocycles. The van der Waals surface area contributed by atoms with Gasteiger partial charge in [0.25, 0.3) is 0 Å². The number of fused-ring (bicyclic) bond motifs is 2. The molecule has 0 radical (unpaired) electrons. The van der Waals surface area contributed by atoms with Gasteiger partial charge in [0.05, 0.1) is 29.3 Å². The van der Waals surface area contributed by atoms with Crippen LogP contribution in [0.5, 0.6) is 11.5 Å². The Hall–Kier alpha value is -2.35. The minimum absolute atomic E-state index is 0.0211. The Morgan fingerprint density at radius 1 is 1.27 bits per heavy atom. The maximum Gasteiger partial charge on any atom is 0.233 e. The Morgan fingerprint density at radius 3 is 2.97 bits per heavy atom. The first-order valence-electron chi connectivity index (χ1n) is 9.94. The number of benzene rings is 2. The van der Waals surface area contributed by atoms with E-state index in [1.807, 2.05) is 37.3 Å². The van der Waals surface area contributed by atoms with Crippen molar-refractivity contribution in [2.75, 3.05) is 24.8 Å². The molecule has 5 rings (SSSR count). The predicted molar refractivity (Wildman–Crippen MR) is 117 cm³/mol. The van der Waals surface area contributed by atoms with E-state index in [0.717, 1.165) is 40.8 Å². The summed E-state index contributed by atoms with van der Waals surface area (Å²) in [5.74, 6) is 1.37. The normalized spacial score (nSPS) is 17.6. The average molecular weight is 445 g/mol. The van der Waals surface area contributed by atoms with Crippen molar-refractivity contribution in [3.8, 4) is 11.5 Å². The molecule has 3 aromatic rings. The van der Waals surface area contributed by atoms with Crippen LogP contribution in [0.15, 0.2) is 30.3 Å². The molecule has 1 amide bonds. The average Bonchev–Trinajstić information content (AvgIpc) is 3.49. The topological polar surface area (TPSA) is 60.9 Å². The molecule has 0 aliphatic carbocycles. The number of amides is 1. The Balaban J connectivity index is 1.45. The van der Waals surface area contributed by atoms with Gasteiger partial charge in [0, 0.05) is 11.6 Å². The van der Waals surface area contributed by atoms with Crippen LogP contribution in [-0.4, -0.2) is 36.9 Å². The van der Waals surface area contributed by atoms with E-state index in [4.69, 9.17) is 30.8 Å². The largest absolute Gasteiger partial charge is 0.454 e. The number of nitrogens with zero attached hydrogens (tertiary/aromatic N) is 2. The van der Waals surface area contributed by atoms with E-state index in [-0.39, 0.29) is 25.2 Å². The monoisotopic (exact) mass is 444 g/mol. The van der Waals surface area contributed by atoms with Gasteiger partial charge in [0.15, 0.2) is 16.6 Å². The lowest BCUT2D eigenvalue weighted by Crippen LogP contribution is -2.38. The summed E-state index contributed by atoms with van der Waals surface area (Å²) < 4.78 is 17.6. The van der Waals surface area contributed by atoms with E-state index in [9.17, 15) is 4.79 Å². The third-order valence-corrected chi connectivity index (χ3v) is 6.92. The van der Waals surface area contributed by atoms with Crippen LogP contribution in [0.1, 0.15) is 24.0 Å². The van der Waals surface area contributed by atoms with Gasteiger partial charge in [0.2, 0.25) is 12.7 Å². The van der Waals surface area contributed by atoms with E-state index in [0.29, 0.717) is 28.2 Å². The van der Waals surface area contributed by atoms with Crippen LogP contribution in [0.3, 0.4) is 0 Å². The highest BCUT2D eigenvalue weighted by Crippen LogP contribution is 2.35. The van der Waals surface area contributed by atoms with Crippen molar-refractivity contribution in [2.45, 2.75) is 32.3 Å². The van der Waals surface area contributed by atoms with Crippen LogP contribution >= 0.6 is 22.9 Å². The molecular formula is C22H21ClN2O4S. The first-order chi connectivity index (χ1) is 14.6. The Labute approximate surface area is 183 Å². The van der Waals surface area contributed by atoms with Crippen LogP contribution in [0.4, 0.5) is 5.13 Å². The van der Waals surface area contributed by atoms with Crippen LogP contribution < -0.4 is 14.4 Å². The number of rotatable bonds is 5. The molecule has 0 spiro atoms. The van der Waals surface area contributed by atoms with Gasteiger partial charge >= 0.3 is 0 Å². The molecule has 3 heterocycles. The summed E-state index contributed by atoms with van der Waals surface area (Å²) in [6.07, 6.45) is 2.24. The summed E-state index contributed by atoms with van der Waals surface area (Å²) in [5, 5.41) is 1.35. The molecular weight excluding hydrogens is 424 g/mol. The Kier molecular flexibility index (Phi) is 5.26. The van der Waals surface area contributed by atoms with Gasteiger partial charge in [0.1, 0.15) is 0 Å². The zero-order valence-corrected chi connectivity index (χ0v) is 18.1. The van der Waals surface area contributed by atoms with Crippen molar-refractivity contribution < 1.29 is 19.0 Å². The number of aromatic nitrogens is 1. The minimum atomic E-state index is -0.0211. The van der Waals surface area contributed by atoms with E-state index >= 15 is 0 Å². The summed E-state index contributed by atoms with van der Waals surface area (Å²) in [4.78, 5) is 19.9. The number of ether oxygens (including phenoxy) is 3. The number of aryl methyl sites for hydroxylation is 1. The van der Waals surface area contributed by atoms with Crippen LogP contribution in [0.2, 0.25) is 5.02 Å². The third-order valence-electron chi connectivity index (χ3n) is 5.47. The molecule has 2 aliphatic rings. The third kappa shape index (κ3) is 3.73. The second-order valence-electron chi connectivity index (χ2n) is 7.52. The standard InChI is InChI=1S/C22H21ClN2O4S/c1-13-16(23)5-7-19-21(13)24-22(30-19)25(11-15-3-2-8-27-15)20(26)10-14-4-6-17-18(9-14)29-12-28-17/h4-7,9,15H,2-3,8,10-12H2,1H3/t15-/m1/s1. The second kappa shape index (κ2) is 8.06. The van der Waals surface area contributed by atoms with Gasteiger partial charge in [-0.05, 0) is 55.2 Å². The summed E-state index contributed by atoms with van der Waals surface area (Å²) in [5.41, 5.74) is 2.65. The first-order valence-corrected chi connectivity index (χ1v) is 11.1. The lowest BCUT2D eigenvalue weighted by Gasteiger charge is -2.23. The highest BCUT2D eigenvalue weighted by molar-refractivity contribution is 7.22. The fourth-order valence-corrected chi connectivity index (χ4v) is 5.01. The predicted octanol–water partition coefficient (Wildman–Crippen LogP) is 4.74. The maximum absolute atomic E-state index is 13.4. The zero-order chi connectivity index (χ0) is 20.7. The molecule has 1 saturated heterocycles. The zero-order valence-electron chi connectivity index (χ0n) is 16.5. The Bertz CT molecular complexity index is 1110. The summed E-state index contributed by atoms with van der Waals surface area (Å²) in [7, 11) is 0. The van der Waals surface area contributed by atoms with Crippen LogP contribution in [0, 0.1) is 6.92 Å². The molecule has 2 aromatic carbocycles. The van der Waals surface area contributed by atoms with Crippen molar-refractivity contribution in [3.05, 3.63) is 46.5 Å². The highest BCUT2D eigenvalue weighted by Gasteiger charge is 2.27. The molecule has 6 nitrogen and oxygen atoms in total. The molecule has 8 heteroatoms. The van der Waals surface area contributed by atoms with Crippen molar-refractivity contribution >= 4 is 44.2 Å². The summed E-state index contributed by atoms with van der Waals surface area (Å²) >= 11 is 7.78. The Morgan fingerprint density at radius 2 is 2.13 bits per heavy atom. The van der Waals surface area contributed by atoms with Gasteiger partial charge in [-0.3, -0.25) is 9.69 Å². The van der Waals surface area contributed by atoms with Crippen molar-refractivity contribution in [3.63, 3.8) is 0 Å². The molecule has 0 bridgehead atoms. The van der Waals surface area contributed by atoms with E-state index in [2.05, 4.69) is 0 Å². The number of hydrogen-bond acceptors (Lipinski definition) is 6. The first kappa shape index (κ1) is 19.6. The van der Waals surface area contributed by atoms with Gasteiger partial charge in [-0.2, -0.15) is 0 Å². The quantitative estimate of drug-likeness (QED) is 0.568. The van der Waals surface area contributed by atoms with E-state index in [1.165, 1.54) is 11.3 Å². The molecule has 30 heavy (non-hydrogen) atoms. The van der Waals surface area contributed by atoms with Crippen LogP contribution in [-0.2, 0) is 16.0 Å². The van der Waals surface area contributed by atoms with Crippen molar-refractivity contribution in [2.24, 2.45) is 0 Å². The lowest BCUT2D eigenvalue weighted by molar-refractivity contribution is -0.118.